The van der Waals surface area contributed by atoms with Gasteiger partial charge in [-0.3, -0.25) is 0 Å². The summed E-state index contributed by atoms with van der Waals surface area (Å²) in [5.74, 6) is 1.30. The van der Waals surface area contributed by atoms with Gasteiger partial charge in [-0.2, -0.15) is 11.8 Å². The highest BCUT2D eigenvalue weighted by molar-refractivity contribution is 8.00. The molecule has 0 spiro atoms. The maximum atomic E-state index is 3.84. The Labute approximate surface area is 132 Å². The van der Waals surface area contributed by atoms with Gasteiger partial charge in [0.1, 0.15) is 0 Å². The number of fused-ring (bicyclic) bond motifs is 1. The van der Waals surface area contributed by atoms with Crippen LogP contribution in [0.3, 0.4) is 0 Å². The molecule has 1 heterocycles. The first-order valence-electron chi connectivity index (χ1n) is 8.09. The topological polar surface area (TPSA) is 12.0 Å². The van der Waals surface area contributed by atoms with Gasteiger partial charge < -0.3 is 5.32 Å². The van der Waals surface area contributed by atoms with Gasteiger partial charge in [0.15, 0.2) is 0 Å². The Hall–Kier alpha value is -0.990. The minimum atomic E-state index is 0.319. The summed E-state index contributed by atoms with van der Waals surface area (Å²) in [7, 11) is 0. The van der Waals surface area contributed by atoms with E-state index in [-0.39, 0.29) is 0 Å². The first-order chi connectivity index (χ1) is 10.2. The van der Waals surface area contributed by atoms with Crippen LogP contribution in [0.1, 0.15) is 44.7 Å². The van der Waals surface area contributed by atoms with Crippen molar-refractivity contribution in [2.24, 2.45) is 0 Å². The highest BCUT2D eigenvalue weighted by atomic mass is 32.2. The fourth-order valence-corrected chi connectivity index (χ4v) is 4.89. The molecule has 1 N–H and O–H groups in total. The normalized spacial score (nSPS) is 23.5. The standard InChI is InChI=1S/C19H25NS/c1-3-13-20-18(19(2)12-7-14-21-19)17-11-6-9-15-8-4-5-10-16(15)17/h4-6,8-11,18,20H,3,7,12-14H2,1-2H3. The fourth-order valence-electron chi connectivity index (χ4n) is 3.47. The Morgan fingerprint density at radius 2 is 2.00 bits per heavy atom. The van der Waals surface area contributed by atoms with Crippen LogP contribution in [-0.4, -0.2) is 17.0 Å². The Balaban J connectivity index is 2.05. The summed E-state index contributed by atoms with van der Waals surface area (Å²) in [4.78, 5) is 0. The predicted octanol–water partition coefficient (Wildman–Crippen LogP) is 5.17. The maximum absolute atomic E-state index is 3.84. The molecule has 112 valence electrons. The van der Waals surface area contributed by atoms with Crippen molar-refractivity contribution in [1.29, 1.82) is 0 Å². The molecule has 0 saturated carbocycles. The minimum Gasteiger partial charge on any atom is -0.309 e. The summed E-state index contributed by atoms with van der Waals surface area (Å²) in [6.45, 7) is 5.78. The van der Waals surface area contributed by atoms with Crippen LogP contribution in [0.5, 0.6) is 0 Å². The molecule has 0 radical (unpaired) electrons. The second-order valence-electron chi connectivity index (χ2n) is 6.22. The van der Waals surface area contributed by atoms with E-state index in [1.807, 2.05) is 0 Å². The Kier molecular flexibility index (Phi) is 4.56. The zero-order chi connectivity index (χ0) is 14.7. The van der Waals surface area contributed by atoms with Crippen LogP contribution in [0.2, 0.25) is 0 Å². The monoisotopic (exact) mass is 299 g/mol. The summed E-state index contributed by atoms with van der Waals surface area (Å²) < 4.78 is 0.319. The van der Waals surface area contributed by atoms with E-state index in [2.05, 4.69) is 73.4 Å². The number of benzene rings is 2. The lowest BCUT2D eigenvalue weighted by Gasteiger charge is -2.35. The molecule has 1 aliphatic rings. The molecule has 1 saturated heterocycles. The van der Waals surface area contributed by atoms with Crippen molar-refractivity contribution in [1.82, 2.24) is 5.32 Å². The van der Waals surface area contributed by atoms with E-state index in [0.29, 0.717) is 10.8 Å². The highest BCUT2D eigenvalue weighted by Gasteiger charge is 2.38. The van der Waals surface area contributed by atoms with Crippen LogP contribution in [0.4, 0.5) is 0 Å². The molecule has 2 aromatic carbocycles. The van der Waals surface area contributed by atoms with Gasteiger partial charge in [0.25, 0.3) is 0 Å². The number of hydrogen-bond acceptors (Lipinski definition) is 2. The van der Waals surface area contributed by atoms with Gasteiger partial charge in [-0.15, -0.1) is 0 Å². The van der Waals surface area contributed by atoms with Crippen LogP contribution in [-0.2, 0) is 0 Å². The molecular formula is C19H25NS. The smallest absolute Gasteiger partial charge is 0.0472 e. The molecule has 2 unspecified atom stereocenters. The Morgan fingerprint density at radius 3 is 2.76 bits per heavy atom. The molecule has 21 heavy (non-hydrogen) atoms. The Morgan fingerprint density at radius 1 is 1.19 bits per heavy atom. The summed E-state index contributed by atoms with van der Waals surface area (Å²) >= 11 is 2.14. The lowest BCUT2D eigenvalue weighted by Crippen LogP contribution is -2.38. The Bertz CT molecular complexity index is 596. The minimum absolute atomic E-state index is 0.319. The quantitative estimate of drug-likeness (QED) is 0.817. The summed E-state index contributed by atoms with van der Waals surface area (Å²) in [6, 6.07) is 16.0. The van der Waals surface area contributed by atoms with Gasteiger partial charge in [-0.25, -0.2) is 0 Å². The molecule has 0 aromatic heterocycles. The van der Waals surface area contributed by atoms with E-state index >= 15 is 0 Å². The van der Waals surface area contributed by atoms with Gasteiger partial charge >= 0.3 is 0 Å². The molecule has 2 aromatic rings. The number of hydrogen-bond donors (Lipinski definition) is 1. The van der Waals surface area contributed by atoms with Crippen molar-refractivity contribution < 1.29 is 0 Å². The van der Waals surface area contributed by atoms with E-state index in [4.69, 9.17) is 0 Å². The molecule has 2 atom stereocenters. The molecule has 1 nitrogen and oxygen atoms in total. The van der Waals surface area contributed by atoms with Crippen LogP contribution < -0.4 is 5.32 Å². The summed E-state index contributed by atoms with van der Waals surface area (Å²) in [5.41, 5.74) is 1.47. The van der Waals surface area contributed by atoms with Crippen molar-refractivity contribution in [2.45, 2.75) is 43.9 Å². The largest absolute Gasteiger partial charge is 0.309 e. The highest BCUT2D eigenvalue weighted by Crippen LogP contribution is 2.47. The number of rotatable bonds is 5. The second-order valence-corrected chi connectivity index (χ2v) is 7.85. The van der Waals surface area contributed by atoms with Crippen molar-refractivity contribution >= 4 is 22.5 Å². The van der Waals surface area contributed by atoms with Gasteiger partial charge in [0.05, 0.1) is 0 Å². The third-order valence-electron chi connectivity index (χ3n) is 4.59. The molecule has 1 fully saturated rings. The van der Waals surface area contributed by atoms with E-state index in [1.165, 1.54) is 41.4 Å². The molecule has 2 heteroatoms. The average Bonchev–Trinajstić information content (AvgIpc) is 2.95. The molecule has 0 amide bonds. The predicted molar refractivity (Wildman–Crippen MR) is 95.1 cm³/mol. The zero-order valence-corrected chi connectivity index (χ0v) is 13.9. The number of nitrogens with one attached hydrogen (secondary N) is 1. The summed E-state index contributed by atoms with van der Waals surface area (Å²) in [6.07, 6.45) is 3.83. The molecule has 0 bridgehead atoms. The van der Waals surface area contributed by atoms with E-state index in [1.54, 1.807) is 0 Å². The number of thioether (sulfide) groups is 1. The van der Waals surface area contributed by atoms with Gasteiger partial charge in [0.2, 0.25) is 0 Å². The first kappa shape index (κ1) is 14.9. The average molecular weight is 299 g/mol. The van der Waals surface area contributed by atoms with Crippen LogP contribution in [0.25, 0.3) is 10.8 Å². The lowest BCUT2D eigenvalue weighted by molar-refractivity contribution is 0.415. The lowest BCUT2D eigenvalue weighted by atomic mass is 9.87. The first-order valence-corrected chi connectivity index (χ1v) is 9.08. The SMILES string of the molecule is CCCNC(c1cccc2ccccc12)C1(C)CCCS1. The fraction of sp³-hybridized carbons (Fsp3) is 0.474. The van der Waals surface area contributed by atoms with Gasteiger partial charge in [-0.05, 0) is 54.8 Å². The third kappa shape index (κ3) is 2.97. The van der Waals surface area contributed by atoms with Crippen molar-refractivity contribution in [3.63, 3.8) is 0 Å². The zero-order valence-electron chi connectivity index (χ0n) is 13.1. The van der Waals surface area contributed by atoms with Crippen molar-refractivity contribution in [3.05, 3.63) is 48.0 Å². The molecule has 3 rings (SSSR count). The summed E-state index contributed by atoms with van der Waals surface area (Å²) in [5, 5.41) is 6.60. The van der Waals surface area contributed by atoms with Crippen LogP contribution in [0.15, 0.2) is 42.5 Å². The van der Waals surface area contributed by atoms with Gasteiger partial charge in [0, 0.05) is 10.8 Å². The van der Waals surface area contributed by atoms with Crippen molar-refractivity contribution in [3.8, 4) is 0 Å². The van der Waals surface area contributed by atoms with E-state index < -0.39 is 0 Å². The third-order valence-corrected chi connectivity index (χ3v) is 6.18. The van der Waals surface area contributed by atoms with Crippen molar-refractivity contribution in [2.75, 3.05) is 12.3 Å². The van der Waals surface area contributed by atoms with Gasteiger partial charge in [-0.1, -0.05) is 49.4 Å². The van der Waals surface area contributed by atoms with Crippen LogP contribution in [0, 0.1) is 0 Å². The second kappa shape index (κ2) is 6.41. The maximum Gasteiger partial charge on any atom is 0.0472 e. The van der Waals surface area contributed by atoms with E-state index in [9.17, 15) is 0 Å². The molecule has 0 aliphatic carbocycles. The van der Waals surface area contributed by atoms with Crippen LogP contribution >= 0.6 is 11.8 Å². The van der Waals surface area contributed by atoms with E-state index in [0.717, 1.165) is 6.54 Å². The molecular weight excluding hydrogens is 274 g/mol. The molecule has 1 aliphatic heterocycles.